The van der Waals surface area contributed by atoms with Gasteiger partial charge in [0.2, 0.25) is 0 Å². The van der Waals surface area contributed by atoms with E-state index in [1.54, 1.807) is 15.8 Å². The minimum atomic E-state index is -4.51. The minimum absolute atomic E-state index is 0.0401. The number of likely N-dealkylation sites (tertiary alicyclic amines) is 1. The number of carbonyl (C=O) groups is 2. The topological polar surface area (TPSA) is 134 Å². The number of amides is 2. The number of alkyl halides is 3. The fraction of sp³-hybridized carbons (Fsp3) is 0.481. The lowest BCUT2D eigenvalue weighted by Gasteiger charge is -2.30. The summed E-state index contributed by atoms with van der Waals surface area (Å²) in [5, 5.41) is 9.04. The summed E-state index contributed by atoms with van der Waals surface area (Å²) in [6, 6.07) is 2.95. The third-order valence-corrected chi connectivity index (χ3v) is 7.10. The quantitative estimate of drug-likeness (QED) is 0.400. The maximum Gasteiger partial charge on any atom is 0.416 e. The maximum absolute atomic E-state index is 13.2. The minimum Gasteiger partial charge on any atom is -0.444 e. The summed E-state index contributed by atoms with van der Waals surface area (Å²) >= 11 is 6.15. The van der Waals surface area contributed by atoms with Gasteiger partial charge in [-0.15, -0.1) is 0 Å². The van der Waals surface area contributed by atoms with Gasteiger partial charge in [-0.1, -0.05) is 11.6 Å². The van der Waals surface area contributed by atoms with Gasteiger partial charge in [0.15, 0.2) is 0 Å². The van der Waals surface area contributed by atoms with E-state index in [1.807, 2.05) is 20.8 Å². The number of primary amides is 1. The fourth-order valence-electron chi connectivity index (χ4n) is 4.84. The van der Waals surface area contributed by atoms with Gasteiger partial charge in [-0.05, 0) is 70.2 Å². The number of carbonyl (C=O) groups excluding carboxylic acids is 2. The second kappa shape index (κ2) is 11.6. The normalized spacial score (nSPS) is 15.4. The Morgan fingerprint density at radius 3 is 2.39 bits per heavy atom. The Morgan fingerprint density at radius 1 is 1.15 bits per heavy atom. The van der Waals surface area contributed by atoms with Gasteiger partial charge in [0.1, 0.15) is 22.7 Å². The van der Waals surface area contributed by atoms with E-state index < -0.39 is 23.2 Å². The first-order valence-electron chi connectivity index (χ1n) is 13.2. The van der Waals surface area contributed by atoms with E-state index in [2.05, 4.69) is 10.2 Å². The van der Waals surface area contributed by atoms with Crippen LogP contribution in [0.3, 0.4) is 0 Å². The smallest absolute Gasteiger partial charge is 0.416 e. The van der Waals surface area contributed by atoms with Crippen molar-refractivity contribution in [2.45, 2.75) is 70.8 Å². The molecule has 2 aromatic heterocycles. The van der Waals surface area contributed by atoms with Crippen LogP contribution in [0, 0.1) is 0 Å². The van der Waals surface area contributed by atoms with Crippen molar-refractivity contribution < 1.29 is 27.5 Å². The molecule has 1 aliphatic heterocycles. The summed E-state index contributed by atoms with van der Waals surface area (Å²) in [5.74, 6) is -0.643. The van der Waals surface area contributed by atoms with E-state index in [4.69, 9.17) is 27.8 Å². The van der Waals surface area contributed by atoms with Gasteiger partial charge in [0.25, 0.3) is 5.91 Å². The Morgan fingerprint density at radius 2 is 1.80 bits per heavy atom. The van der Waals surface area contributed by atoms with Crippen molar-refractivity contribution in [2.24, 2.45) is 5.73 Å². The largest absolute Gasteiger partial charge is 0.444 e. The van der Waals surface area contributed by atoms with Gasteiger partial charge < -0.3 is 21.1 Å². The molecule has 3 aromatic rings. The number of benzene rings is 1. The number of anilines is 1. The maximum atomic E-state index is 13.2. The second-order valence-corrected chi connectivity index (χ2v) is 11.5. The third kappa shape index (κ3) is 7.13. The molecule has 0 unspecified atom stereocenters. The zero-order valence-corrected chi connectivity index (χ0v) is 23.8. The van der Waals surface area contributed by atoms with Crippen molar-refractivity contribution in [3.63, 3.8) is 0 Å². The fourth-order valence-corrected chi connectivity index (χ4v) is 5.01. The van der Waals surface area contributed by atoms with E-state index >= 15 is 0 Å². The van der Waals surface area contributed by atoms with Crippen molar-refractivity contribution in [3.8, 4) is 11.3 Å². The zero-order valence-electron chi connectivity index (χ0n) is 23.0. The molecular weight excluding hydrogens is 563 g/mol. The number of hydrogen-bond acceptors (Lipinski definition) is 6. The number of nitrogens with zero attached hydrogens (tertiary/aromatic N) is 5. The molecule has 0 atom stereocenters. The predicted molar refractivity (Wildman–Crippen MR) is 147 cm³/mol. The third-order valence-electron chi connectivity index (χ3n) is 6.73. The highest BCUT2D eigenvalue weighted by Gasteiger charge is 2.31. The van der Waals surface area contributed by atoms with Crippen LogP contribution in [0.15, 0.2) is 30.6 Å². The van der Waals surface area contributed by atoms with E-state index in [-0.39, 0.29) is 46.3 Å². The van der Waals surface area contributed by atoms with E-state index in [0.717, 1.165) is 12.1 Å². The lowest BCUT2D eigenvalue weighted by atomic mass is 10.0. The standard InChI is InChI=1S/C27H33ClF3N7O3/c1-26(2,3)41-25(40)36-10-4-6-19(7-5-11-36)38-23(32)21(24(33)39)22(35-38)17-13-34-37(15-17)14-16-12-18(27(29,30)31)8-9-20(16)28/h8-9,12-13,15,19H,4-7,10-11,14,32H2,1-3H3,(H2,33,39). The van der Waals surface area contributed by atoms with Crippen LogP contribution in [0.1, 0.15) is 74.0 Å². The number of rotatable bonds is 5. The van der Waals surface area contributed by atoms with Crippen molar-refractivity contribution in [2.75, 3.05) is 18.8 Å². The average Bonchev–Trinajstić information content (AvgIpc) is 3.43. The van der Waals surface area contributed by atoms with Crippen LogP contribution < -0.4 is 11.5 Å². The molecular formula is C27H33ClF3N7O3. The first kappa shape index (κ1) is 30.2. The highest BCUT2D eigenvalue weighted by molar-refractivity contribution is 6.31. The molecule has 0 aliphatic carbocycles. The Hall–Kier alpha value is -3.74. The van der Waals surface area contributed by atoms with Gasteiger partial charge in [0, 0.05) is 29.9 Å². The Balaban J connectivity index is 1.54. The summed E-state index contributed by atoms with van der Waals surface area (Å²) in [7, 11) is 0. The summed E-state index contributed by atoms with van der Waals surface area (Å²) in [4.78, 5) is 26.6. The summed E-state index contributed by atoms with van der Waals surface area (Å²) in [5.41, 5.74) is 11.6. The first-order chi connectivity index (χ1) is 19.1. The van der Waals surface area contributed by atoms with Crippen LogP contribution in [0.25, 0.3) is 11.3 Å². The van der Waals surface area contributed by atoms with Gasteiger partial charge >= 0.3 is 12.3 Å². The molecule has 2 amide bonds. The summed E-state index contributed by atoms with van der Waals surface area (Å²) in [6.07, 6.45) is 0.756. The lowest BCUT2D eigenvalue weighted by Crippen LogP contribution is -2.39. The number of aromatic nitrogens is 4. The van der Waals surface area contributed by atoms with Gasteiger partial charge in [-0.2, -0.15) is 23.4 Å². The van der Waals surface area contributed by atoms with Crippen molar-refractivity contribution in [1.29, 1.82) is 0 Å². The Kier molecular flexibility index (Phi) is 8.57. The Labute approximate surface area is 240 Å². The molecule has 222 valence electrons. The number of nitrogens with two attached hydrogens (primary N) is 2. The lowest BCUT2D eigenvalue weighted by molar-refractivity contribution is -0.137. The zero-order chi connectivity index (χ0) is 30.1. The molecule has 1 aliphatic rings. The number of hydrogen-bond donors (Lipinski definition) is 2. The Bertz CT molecular complexity index is 1420. The SMILES string of the molecule is CC(C)(C)OC(=O)N1CCCC(n2nc(-c3cnn(Cc4cc(C(F)(F)F)ccc4Cl)c3)c(C(N)=O)c2N)CCC1. The molecule has 0 saturated carbocycles. The van der Waals surface area contributed by atoms with E-state index in [1.165, 1.54) is 16.9 Å². The molecule has 1 fully saturated rings. The molecule has 4 rings (SSSR count). The van der Waals surface area contributed by atoms with Crippen LogP contribution in [0.4, 0.5) is 23.8 Å². The van der Waals surface area contributed by atoms with Gasteiger partial charge in [0.05, 0.1) is 24.3 Å². The molecule has 10 nitrogen and oxygen atoms in total. The summed E-state index contributed by atoms with van der Waals surface area (Å²) < 4.78 is 48.0. The van der Waals surface area contributed by atoms with Gasteiger partial charge in [-0.25, -0.2) is 9.48 Å². The monoisotopic (exact) mass is 595 g/mol. The summed E-state index contributed by atoms with van der Waals surface area (Å²) in [6.45, 7) is 6.44. The molecule has 41 heavy (non-hydrogen) atoms. The van der Waals surface area contributed by atoms with Crippen molar-refractivity contribution >= 4 is 29.4 Å². The molecule has 0 spiro atoms. The molecule has 4 N–H and O–H groups in total. The van der Waals surface area contributed by atoms with E-state index in [0.29, 0.717) is 44.3 Å². The molecule has 3 heterocycles. The second-order valence-electron chi connectivity index (χ2n) is 11.1. The highest BCUT2D eigenvalue weighted by atomic mass is 35.5. The number of ether oxygens (including phenoxy) is 1. The van der Waals surface area contributed by atoms with Crippen molar-refractivity contribution in [1.82, 2.24) is 24.5 Å². The molecule has 14 heteroatoms. The molecule has 0 bridgehead atoms. The van der Waals surface area contributed by atoms with Crippen LogP contribution in [-0.2, 0) is 17.5 Å². The van der Waals surface area contributed by atoms with Gasteiger partial charge in [-0.3, -0.25) is 9.48 Å². The molecule has 1 saturated heterocycles. The van der Waals surface area contributed by atoms with Crippen LogP contribution in [0.5, 0.6) is 0 Å². The predicted octanol–water partition coefficient (Wildman–Crippen LogP) is 5.50. The van der Waals surface area contributed by atoms with Crippen LogP contribution >= 0.6 is 11.6 Å². The van der Waals surface area contributed by atoms with Crippen LogP contribution in [0.2, 0.25) is 5.02 Å². The number of nitrogen functional groups attached to an aromatic ring is 1. The molecule has 0 radical (unpaired) electrons. The highest BCUT2D eigenvalue weighted by Crippen LogP contribution is 2.34. The first-order valence-corrected chi connectivity index (χ1v) is 13.6. The molecule has 1 aromatic carbocycles. The van der Waals surface area contributed by atoms with E-state index in [9.17, 15) is 22.8 Å². The average molecular weight is 596 g/mol. The van der Waals surface area contributed by atoms with Crippen molar-refractivity contribution in [3.05, 3.63) is 52.3 Å². The number of halogens is 4. The van der Waals surface area contributed by atoms with Crippen LogP contribution in [-0.4, -0.2) is 55.2 Å².